The smallest absolute Gasteiger partial charge is 0.326 e. The van der Waals surface area contributed by atoms with Crippen LogP contribution in [0.3, 0.4) is 0 Å². The molecule has 0 radical (unpaired) electrons. The fraction of sp³-hybridized carbons (Fsp3) is 0.571. The molecule has 0 aliphatic carbocycles. The molecule has 8 N–H and O–H groups in total. The molecule has 0 spiro atoms. The molecule has 0 aromatic carbocycles. The first-order valence-electron chi connectivity index (χ1n) is 7.83. The number of carboxylic acids is 2. The Labute approximate surface area is 154 Å². The number of aliphatic carboxylic acids is 2. The third-order valence-electron chi connectivity index (χ3n) is 3.01. The van der Waals surface area contributed by atoms with E-state index in [9.17, 15) is 28.8 Å². The highest BCUT2D eigenvalue weighted by Crippen LogP contribution is 1.97. The van der Waals surface area contributed by atoms with Gasteiger partial charge in [0.15, 0.2) is 0 Å². The Morgan fingerprint density at radius 1 is 0.852 bits per heavy atom. The zero-order chi connectivity index (χ0) is 21.0. The molecule has 0 saturated heterocycles. The lowest BCUT2D eigenvalue weighted by Gasteiger charge is -2.14. The summed E-state index contributed by atoms with van der Waals surface area (Å²) < 4.78 is 0. The minimum atomic E-state index is -1.41. The van der Waals surface area contributed by atoms with Crippen LogP contribution in [0, 0.1) is 0 Å². The van der Waals surface area contributed by atoms with Gasteiger partial charge in [-0.1, -0.05) is 0 Å². The maximum atomic E-state index is 11.6. The predicted molar refractivity (Wildman–Crippen MR) is 89.1 cm³/mol. The standard InChI is InChI=1S/C14H23N5O8/c1-7(15)13(25)18-5-10(21)16-4-9(20)17-6-11(22)19-8(14(26)27)2-3-12(23)24/h7-8H,2-6,15H2,1H3,(H,16,21)(H,17,20)(H,18,25)(H,19,22)(H,23,24)(H,26,27). The van der Waals surface area contributed by atoms with Gasteiger partial charge in [0.05, 0.1) is 25.7 Å². The van der Waals surface area contributed by atoms with E-state index >= 15 is 0 Å². The monoisotopic (exact) mass is 389 g/mol. The molecule has 27 heavy (non-hydrogen) atoms. The van der Waals surface area contributed by atoms with E-state index in [0.717, 1.165) is 0 Å². The third kappa shape index (κ3) is 11.9. The summed E-state index contributed by atoms with van der Waals surface area (Å²) in [6.45, 7) is 0.0227. The number of nitrogens with one attached hydrogen (secondary N) is 4. The van der Waals surface area contributed by atoms with Crippen LogP contribution in [0.5, 0.6) is 0 Å². The minimum absolute atomic E-state index is 0.312. The van der Waals surface area contributed by atoms with Crippen LogP contribution in [0.2, 0.25) is 0 Å². The average molecular weight is 389 g/mol. The number of hydrogen-bond acceptors (Lipinski definition) is 7. The highest BCUT2D eigenvalue weighted by molar-refractivity contribution is 5.91. The first kappa shape index (κ1) is 23.8. The number of hydrogen-bond donors (Lipinski definition) is 7. The van der Waals surface area contributed by atoms with Gasteiger partial charge in [-0.15, -0.1) is 0 Å². The van der Waals surface area contributed by atoms with Crippen LogP contribution in [0.25, 0.3) is 0 Å². The van der Waals surface area contributed by atoms with Gasteiger partial charge >= 0.3 is 11.9 Å². The molecule has 2 unspecified atom stereocenters. The van der Waals surface area contributed by atoms with Gasteiger partial charge < -0.3 is 37.2 Å². The zero-order valence-corrected chi connectivity index (χ0v) is 14.6. The molecular weight excluding hydrogens is 366 g/mol. The normalized spacial score (nSPS) is 12.2. The molecule has 2 atom stereocenters. The molecule has 0 aromatic heterocycles. The molecule has 0 heterocycles. The number of carboxylic acid groups (broad SMARTS) is 2. The van der Waals surface area contributed by atoms with Gasteiger partial charge in [-0.3, -0.25) is 24.0 Å². The Balaban J connectivity index is 4.13. The lowest BCUT2D eigenvalue weighted by molar-refractivity contribution is -0.143. The largest absolute Gasteiger partial charge is 0.481 e. The fourth-order valence-corrected chi connectivity index (χ4v) is 1.58. The van der Waals surface area contributed by atoms with Crippen molar-refractivity contribution in [3.63, 3.8) is 0 Å². The van der Waals surface area contributed by atoms with E-state index in [1.165, 1.54) is 6.92 Å². The SMILES string of the molecule is CC(N)C(=O)NCC(=O)NCC(=O)NCC(=O)NC(CCC(=O)O)C(=O)O. The Morgan fingerprint density at radius 2 is 1.33 bits per heavy atom. The summed E-state index contributed by atoms with van der Waals surface area (Å²) in [5.74, 6) is -5.37. The van der Waals surface area contributed by atoms with Crippen LogP contribution in [-0.2, 0) is 28.8 Å². The topological polar surface area (TPSA) is 217 Å². The molecule has 13 heteroatoms. The molecule has 0 aromatic rings. The lowest BCUT2D eigenvalue weighted by Crippen LogP contribution is -2.48. The van der Waals surface area contributed by atoms with Crippen LogP contribution in [0.15, 0.2) is 0 Å². The van der Waals surface area contributed by atoms with Crippen molar-refractivity contribution >= 4 is 35.6 Å². The molecule has 0 bridgehead atoms. The summed E-state index contributed by atoms with van der Waals surface area (Å²) in [7, 11) is 0. The van der Waals surface area contributed by atoms with E-state index in [1.54, 1.807) is 0 Å². The fourth-order valence-electron chi connectivity index (χ4n) is 1.58. The Morgan fingerprint density at radius 3 is 1.78 bits per heavy atom. The molecule has 4 amide bonds. The van der Waals surface area contributed by atoms with Crippen molar-refractivity contribution in [1.82, 2.24) is 21.3 Å². The number of amides is 4. The third-order valence-corrected chi connectivity index (χ3v) is 3.01. The van der Waals surface area contributed by atoms with E-state index in [2.05, 4.69) is 21.3 Å². The second kappa shape index (κ2) is 12.2. The van der Waals surface area contributed by atoms with E-state index in [0.29, 0.717) is 0 Å². The maximum absolute atomic E-state index is 11.6. The van der Waals surface area contributed by atoms with E-state index < -0.39 is 67.2 Å². The Bertz CT molecular complexity index is 592. The van der Waals surface area contributed by atoms with Crippen molar-refractivity contribution in [2.24, 2.45) is 5.73 Å². The Hall–Kier alpha value is -3.22. The molecule has 152 valence electrons. The van der Waals surface area contributed by atoms with Crippen molar-refractivity contribution < 1.29 is 39.0 Å². The summed E-state index contributed by atoms with van der Waals surface area (Å²) in [6.07, 6.45) is -0.761. The Kier molecular flexibility index (Phi) is 10.7. The number of carbonyl (C=O) groups is 6. The van der Waals surface area contributed by atoms with Gasteiger partial charge in [0.1, 0.15) is 6.04 Å². The number of nitrogens with two attached hydrogens (primary N) is 1. The highest BCUT2D eigenvalue weighted by atomic mass is 16.4. The predicted octanol–water partition coefficient (Wildman–Crippen LogP) is -3.88. The average Bonchev–Trinajstić information content (AvgIpc) is 2.58. The number of rotatable bonds is 12. The second-order valence-electron chi connectivity index (χ2n) is 5.45. The van der Waals surface area contributed by atoms with Gasteiger partial charge in [0.25, 0.3) is 0 Å². The van der Waals surface area contributed by atoms with Gasteiger partial charge in [-0.2, -0.15) is 0 Å². The maximum Gasteiger partial charge on any atom is 0.326 e. The minimum Gasteiger partial charge on any atom is -0.481 e. The highest BCUT2D eigenvalue weighted by Gasteiger charge is 2.21. The molecule has 0 aliphatic rings. The summed E-state index contributed by atoms with van der Waals surface area (Å²) in [5, 5.41) is 26.1. The summed E-state index contributed by atoms with van der Waals surface area (Å²) in [4.78, 5) is 67.1. The first-order chi connectivity index (χ1) is 12.5. The van der Waals surface area contributed by atoms with Crippen molar-refractivity contribution in [2.75, 3.05) is 19.6 Å². The molecule has 0 fully saturated rings. The van der Waals surface area contributed by atoms with Gasteiger partial charge in [0.2, 0.25) is 23.6 Å². The van der Waals surface area contributed by atoms with Crippen molar-refractivity contribution in [3.8, 4) is 0 Å². The van der Waals surface area contributed by atoms with Gasteiger partial charge in [-0.25, -0.2) is 4.79 Å². The van der Waals surface area contributed by atoms with Crippen molar-refractivity contribution in [1.29, 1.82) is 0 Å². The van der Waals surface area contributed by atoms with Gasteiger partial charge in [-0.05, 0) is 13.3 Å². The van der Waals surface area contributed by atoms with Crippen molar-refractivity contribution in [3.05, 3.63) is 0 Å². The first-order valence-corrected chi connectivity index (χ1v) is 7.83. The molecule has 0 saturated carbocycles. The number of carbonyl (C=O) groups excluding carboxylic acids is 4. The van der Waals surface area contributed by atoms with Crippen LogP contribution in [-0.4, -0.2) is 77.5 Å². The van der Waals surface area contributed by atoms with Crippen LogP contribution < -0.4 is 27.0 Å². The summed E-state index contributed by atoms with van der Waals surface area (Å²) in [5.41, 5.74) is 5.29. The summed E-state index contributed by atoms with van der Waals surface area (Å²) in [6, 6.07) is -2.19. The second-order valence-corrected chi connectivity index (χ2v) is 5.45. The van der Waals surface area contributed by atoms with Gasteiger partial charge in [0, 0.05) is 6.42 Å². The molecule has 13 nitrogen and oxygen atoms in total. The van der Waals surface area contributed by atoms with E-state index in [-0.39, 0.29) is 13.0 Å². The van der Waals surface area contributed by atoms with Crippen LogP contribution >= 0.6 is 0 Å². The molecule has 0 rings (SSSR count). The van der Waals surface area contributed by atoms with E-state index in [1.807, 2.05) is 0 Å². The van der Waals surface area contributed by atoms with E-state index in [4.69, 9.17) is 15.9 Å². The molecule has 0 aliphatic heterocycles. The summed E-state index contributed by atoms with van der Waals surface area (Å²) >= 11 is 0. The van der Waals surface area contributed by atoms with Crippen LogP contribution in [0.4, 0.5) is 0 Å². The van der Waals surface area contributed by atoms with Crippen LogP contribution in [0.1, 0.15) is 19.8 Å². The quantitative estimate of drug-likeness (QED) is 0.173. The molecular formula is C14H23N5O8. The zero-order valence-electron chi connectivity index (χ0n) is 14.6. The lowest BCUT2D eigenvalue weighted by atomic mass is 10.1. The van der Waals surface area contributed by atoms with Crippen molar-refractivity contribution in [2.45, 2.75) is 31.8 Å².